The Labute approximate surface area is 97.6 Å². The molecule has 0 bridgehead atoms. The number of alkyl halides is 1. The molecule has 0 radical (unpaired) electrons. The monoisotopic (exact) mass is 225 g/mol. The number of benzene rings is 1. The lowest BCUT2D eigenvalue weighted by molar-refractivity contribution is 0.409. The van der Waals surface area contributed by atoms with E-state index in [1.165, 1.54) is 11.1 Å². The Morgan fingerprint density at radius 2 is 1.87 bits per heavy atom. The van der Waals surface area contributed by atoms with Gasteiger partial charge in [-0.2, -0.15) is 0 Å². The molecule has 1 rings (SSSR count). The normalized spacial score (nSPS) is 14.9. The van der Waals surface area contributed by atoms with Gasteiger partial charge < -0.3 is 5.73 Å². The van der Waals surface area contributed by atoms with Gasteiger partial charge in [0.1, 0.15) is 0 Å². The van der Waals surface area contributed by atoms with Crippen LogP contribution in [0.1, 0.15) is 30.9 Å². The van der Waals surface area contributed by atoms with E-state index < -0.39 is 0 Å². The topological polar surface area (TPSA) is 26.0 Å². The summed E-state index contributed by atoms with van der Waals surface area (Å²) in [5, 5.41) is 0. The van der Waals surface area contributed by atoms with Crippen LogP contribution >= 0.6 is 11.6 Å². The summed E-state index contributed by atoms with van der Waals surface area (Å²) in [6.45, 7) is 4.94. The summed E-state index contributed by atoms with van der Waals surface area (Å²) in [5.74, 6) is 0.666. The minimum atomic E-state index is 0.0649. The lowest BCUT2D eigenvalue weighted by Gasteiger charge is -2.31. The van der Waals surface area contributed by atoms with Crippen molar-refractivity contribution in [3.63, 3.8) is 0 Å². The third-order valence-electron chi connectivity index (χ3n) is 3.30. The highest BCUT2D eigenvalue weighted by atomic mass is 35.5. The van der Waals surface area contributed by atoms with E-state index in [9.17, 15) is 0 Å². The van der Waals surface area contributed by atoms with Crippen LogP contribution in [0, 0.1) is 6.92 Å². The molecule has 1 aromatic carbocycles. The molecule has 0 unspecified atom stereocenters. The maximum Gasteiger partial charge on any atom is 0.0232 e. The van der Waals surface area contributed by atoms with Crippen molar-refractivity contribution in [2.24, 2.45) is 5.73 Å². The van der Waals surface area contributed by atoms with Gasteiger partial charge in [-0.25, -0.2) is 0 Å². The number of hydrogen-bond donors (Lipinski definition) is 1. The highest BCUT2D eigenvalue weighted by molar-refractivity contribution is 6.17. The number of nitrogens with two attached hydrogens (primary N) is 1. The molecule has 0 saturated carbocycles. The van der Waals surface area contributed by atoms with Gasteiger partial charge >= 0.3 is 0 Å². The summed E-state index contributed by atoms with van der Waals surface area (Å²) in [7, 11) is 0. The first kappa shape index (κ1) is 12.5. The number of halogens is 1. The molecule has 1 nitrogen and oxygen atoms in total. The van der Waals surface area contributed by atoms with E-state index in [2.05, 4.69) is 38.1 Å². The van der Waals surface area contributed by atoms with Crippen molar-refractivity contribution in [3.8, 4) is 0 Å². The fourth-order valence-corrected chi connectivity index (χ4v) is 2.34. The van der Waals surface area contributed by atoms with Gasteiger partial charge in [-0.1, -0.05) is 36.8 Å². The first-order chi connectivity index (χ1) is 7.18. The second kappa shape index (κ2) is 5.53. The van der Waals surface area contributed by atoms with Crippen LogP contribution in [-0.4, -0.2) is 12.4 Å². The van der Waals surface area contributed by atoms with E-state index in [1.807, 2.05) is 0 Å². The smallest absolute Gasteiger partial charge is 0.0232 e. The lowest BCUT2D eigenvalue weighted by Crippen LogP contribution is -2.35. The molecule has 0 fully saturated rings. The largest absolute Gasteiger partial charge is 0.330 e. The van der Waals surface area contributed by atoms with Crippen LogP contribution in [0.4, 0.5) is 0 Å². The molecular formula is C13H20ClN. The minimum absolute atomic E-state index is 0.0649. The Kier molecular flexibility index (Phi) is 4.62. The fraction of sp³-hybridized carbons (Fsp3) is 0.538. The van der Waals surface area contributed by atoms with Crippen molar-refractivity contribution in [2.75, 3.05) is 12.4 Å². The molecule has 15 heavy (non-hydrogen) atoms. The lowest BCUT2D eigenvalue weighted by atomic mass is 9.76. The zero-order valence-electron chi connectivity index (χ0n) is 9.59. The van der Waals surface area contributed by atoms with Crippen molar-refractivity contribution in [3.05, 3.63) is 35.4 Å². The molecule has 0 aromatic heterocycles. The Morgan fingerprint density at radius 3 is 2.27 bits per heavy atom. The van der Waals surface area contributed by atoms with Crippen LogP contribution in [0.15, 0.2) is 24.3 Å². The van der Waals surface area contributed by atoms with Gasteiger partial charge in [0, 0.05) is 17.8 Å². The van der Waals surface area contributed by atoms with Gasteiger partial charge in [0.2, 0.25) is 0 Å². The third kappa shape index (κ3) is 2.73. The molecule has 0 amide bonds. The fourth-order valence-electron chi connectivity index (χ4n) is 1.98. The van der Waals surface area contributed by atoms with E-state index in [4.69, 9.17) is 17.3 Å². The zero-order valence-corrected chi connectivity index (χ0v) is 10.3. The average molecular weight is 226 g/mol. The summed E-state index contributed by atoms with van der Waals surface area (Å²) in [6, 6.07) is 8.64. The predicted molar refractivity (Wildman–Crippen MR) is 67.5 cm³/mol. The van der Waals surface area contributed by atoms with Gasteiger partial charge in [0.15, 0.2) is 0 Å². The van der Waals surface area contributed by atoms with Crippen molar-refractivity contribution in [2.45, 2.75) is 32.1 Å². The van der Waals surface area contributed by atoms with Crippen molar-refractivity contribution in [1.29, 1.82) is 0 Å². The van der Waals surface area contributed by atoms with Crippen molar-refractivity contribution in [1.82, 2.24) is 0 Å². The van der Waals surface area contributed by atoms with Crippen LogP contribution in [0.2, 0.25) is 0 Å². The molecule has 0 aliphatic carbocycles. The molecule has 0 spiro atoms. The van der Waals surface area contributed by atoms with Gasteiger partial charge in [-0.15, -0.1) is 11.6 Å². The summed E-state index contributed by atoms with van der Waals surface area (Å²) in [6.07, 6.45) is 1.99. The molecule has 1 atom stereocenters. The Balaban J connectivity index is 3.02. The quantitative estimate of drug-likeness (QED) is 0.766. The first-order valence-electron chi connectivity index (χ1n) is 5.51. The van der Waals surface area contributed by atoms with Crippen LogP contribution < -0.4 is 5.73 Å². The highest BCUT2D eigenvalue weighted by Gasteiger charge is 2.27. The number of hydrogen-bond acceptors (Lipinski definition) is 1. The summed E-state index contributed by atoms with van der Waals surface area (Å²) < 4.78 is 0. The van der Waals surface area contributed by atoms with Gasteiger partial charge in [0.25, 0.3) is 0 Å². The molecular weight excluding hydrogens is 206 g/mol. The Hall–Kier alpha value is -0.530. The zero-order chi connectivity index (χ0) is 11.3. The highest BCUT2D eigenvalue weighted by Crippen LogP contribution is 2.31. The maximum atomic E-state index is 5.92. The second-order valence-electron chi connectivity index (χ2n) is 4.14. The molecule has 0 saturated heterocycles. The van der Waals surface area contributed by atoms with Gasteiger partial charge in [0.05, 0.1) is 0 Å². The SMILES string of the molecule is CC[C@@](CN)(CCCl)c1ccc(C)cc1. The molecule has 84 valence electrons. The van der Waals surface area contributed by atoms with Crippen LogP contribution in [0.3, 0.4) is 0 Å². The third-order valence-corrected chi connectivity index (χ3v) is 3.49. The molecule has 0 heterocycles. The van der Waals surface area contributed by atoms with Gasteiger partial charge in [-0.05, 0) is 25.3 Å². The average Bonchev–Trinajstić information content (AvgIpc) is 2.27. The molecule has 2 N–H and O–H groups in total. The Morgan fingerprint density at radius 1 is 1.27 bits per heavy atom. The van der Waals surface area contributed by atoms with Crippen molar-refractivity contribution < 1.29 is 0 Å². The molecule has 0 aliphatic rings. The summed E-state index contributed by atoms with van der Waals surface area (Å²) in [5.41, 5.74) is 8.58. The minimum Gasteiger partial charge on any atom is -0.330 e. The molecule has 1 aromatic rings. The second-order valence-corrected chi connectivity index (χ2v) is 4.52. The standard InChI is InChI=1S/C13H20ClN/c1-3-13(10-15,8-9-14)12-6-4-11(2)5-7-12/h4-7H,3,8-10,15H2,1-2H3/t13-/m0/s1. The van der Waals surface area contributed by atoms with Crippen LogP contribution in [0.5, 0.6) is 0 Å². The summed E-state index contributed by atoms with van der Waals surface area (Å²) >= 11 is 5.87. The van der Waals surface area contributed by atoms with E-state index in [0.717, 1.165) is 12.8 Å². The summed E-state index contributed by atoms with van der Waals surface area (Å²) in [4.78, 5) is 0. The van der Waals surface area contributed by atoms with E-state index >= 15 is 0 Å². The van der Waals surface area contributed by atoms with Crippen molar-refractivity contribution >= 4 is 11.6 Å². The van der Waals surface area contributed by atoms with E-state index in [0.29, 0.717) is 12.4 Å². The maximum absolute atomic E-state index is 5.92. The number of aryl methyl sites for hydroxylation is 1. The number of rotatable bonds is 5. The van der Waals surface area contributed by atoms with E-state index in [-0.39, 0.29) is 5.41 Å². The van der Waals surface area contributed by atoms with Gasteiger partial charge in [-0.3, -0.25) is 0 Å². The Bertz CT molecular complexity index is 288. The predicted octanol–water partition coefficient (Wildman–Crippen LogP) is 3.23. The molecule has 2 heteroatoms. The van der Waals surface area contributed by atoms with Crippen LogP contribution in [-0.2, 0) is 5.41 Å². The van der Waals surface area contributed by atoms with Crippen LogP contribution in [0.25, 0.3) is 0 Å². The van der Waals surface area contributed by atoms with E-state index in [1.54, 1.807) is 0 Å². The molecule has 0 aliphatic heterocycles. The first-order valence-corrected chi connectivity index (χ1v) is 6.05.